The van der Waals surface area contributed by atoms with Crippen LogP contribution in [0.15, 0.2) is 41.8 Å². The molecule has 1 unspecified atom stereocenters. The molecule has 0 aliphatic carbocycles. The van der Waals surface area contributed by atoms with E-state index in [1.54, 1.807) is 31.3 Å². The van der Waals surface area contributed by atoms with Gasteiger partial charge >= 0.3 is 5.97 Å². The number of hydrogen-bond donors (Lipinski definition) is 1. The van der Waals surface area contributed by atoms with Gasteiger partial charge in [-0.05, 0) is 22.6 Å². The lowest BCUT2D eigenvalue weighted by atomic mass is 9.90. The summed E-state index contributed by atoms with van der Waals surface area (Å²) in [5.74, 6) is -2.16. The highest BCUT2D eigenvalue weighted by Crippen LogP contribution is 2.28. The second-order valence-electron chi connectivity index (χ2n) is 6.00. The van der Waals surface area contributed by atoms with Gasteiger partial charge in [-0.1, -0.05) is 30.3 Å². The van der Waals surface area contributed by atoms with Crippen LogP contribution in [0.5, 0.6) is 0 Å². The normalized spacial score (nSPS) is 16.2. The highest BCUT2D eigenvalue weighted by Gasteiger charge is 2.32. The van der Waals surface area contributed by atoms with Gasteiger partial charge in [0.05, 0.1) is 17.3 Å². The number of carbonyl (C=O) groups excluding carboxylic acids is 2. The van der Waals surface area contributed by atoms with Crippen molar-refractivity contribution in [3.8, 4) is 0 Å². The van der Waals surface area contributed by atoms with Crippen molar-refractivity contribution >= 4 is 29.1 Å². The molecule has 1 aromatic heterocycles. The molecule has 1 N–H and O–H groups in total. The van der Waals surface area contributed by atoms with E-state index in [1.807, 2.05) is 17.5 Å². The summed E-state index contributed by atoms with van der Waals surface area (Å²) in [6.07, 6.45) is 0. The van der Waals surface area contributed by atoms with Crippen LogP contribution in [-0.4, -0.2) is 52.8 Å². The molecule has 0 saturated carbocycles. The van der Waals surface area contributed by atoms with Crippen molar-refractivity contribution in [2.24, 2.45) is 0 Å². The van der Waals surface area contributed by atoms with Gasteiger partial charge in [0.15, 0.2) is 0 Å². The van der Waals surface area contributed by atoms with Gasteiger partial charge in [-0.25, -0.2) is 0 Å². The molecule has 3 rings (SSSR count). The van der Waals surface area contributed by atoms with Gasteiger partial charge < -0.3 is 14.9 Å². The van der Waals surface area contributed by atoms with Gasteiger partial charge in [0, 0.05) is 20.1 Å². The summed E-state index contributed by atoms with van der Waals surface area (Å²) in [5.41, 5.74) is 1.59. The van der Waals surface area contributed by atoms with Crippen LogP contribution in [0.25, 0.3) is 0 Å². The standard InChI is InChI=1S/C18H18N2O4S/c1-19(17(22)15-7-4-8-25-15)11-16(21)20-9-12-5-2-3-6-13(12)14(10-20)18(23)24/h2-8,14H,9-11H2,1H3,(H,23,24). The molecular formula is C18H18N2O4S. The zero-order valence-corrected chi connectivity index (χ0v) is 14.5. The summed E-state index contributed by atoms with van der Waals surface area (Å²) >= 11 is 1.32. The summed E-state index contributed by atoms with van der Waals surface area (Å²) in [7, 11) is 1.58. The van der Waals surface area contributed by atoms with Crippen molar-refractivity contribution in [3.05, 3.63) is 57.8 Å². The van der Waals surface area contributed by atoms with E-state index in [1.165, 1.54) is 21.1 Å². The van der Waals surface area contributed by atoms with Crippen LogP contribution in [0.4, 0.5) is 0 Å². The quantitative estimate of drug-likeness (QED) is 0.907. The van der Waals surface area contributed by atoms with Gasteiger partial charge in [0.1, 0.15) is 0 Å². The SMILES string of the molecule is CN(CC(=O)N1Cc2ccccc2C(C(=O)O)C1)C(=O)c1cccs1. The van der Waals surface area contributed by atoms with Crippen LogP contribution in [0, 0.1) is 0 Å². The third kappa shape index (κ3) is 3.56. The van der Waals surface area contributed by atoms with Gasteiger partial charge in [-0.2, -0.15) is 0 Å². The Labute approximate surface area is 149 Å². The van der Waals surface area contributed by atoms with Gasteiger partial charge in [0.25, 0.3) is 5.91 Å². The molecule has 2 amide bonds. The van der Waals surface area contributed by atoms with Gasteiger partial charge in [0.2, 0.25) is 5.91 Å². The number of carboxylic acid groups (broad SMARTS) is 1. The fourth-order valence-electron chi connectivity index (χ4n) is 2.97. The van der Waals surface area contributed by atoms with Crippen molar-refractivity contribution < 1.29 is 19.5 Å². The van der Waals surface area contributed by atoms with Crippen LogP contribution in [-0.2, 0) is 16.1 Å². The largest absolute Gasteiger partial charge is 0.481 e. The minimum atomic E-state index is -0.951. The molecule has 6 nitrogen and oxygen atoms in total. The third-order valence-electron chi connectivity index (χ3n) is 4.30. The Morgan fingerprint density at radius 2 is 2.00 bits per heavy atom. The minimum absolute atomic E-state index is 0.0781. The van der Waals surface area contributed by atoms with Crippen LogP contribution in [0.3, 0.4) is 0 Å². The minimum Gasteiger partial charge on any atom is -0.481 e. The fourth-order valence-corrected chi connectivity index (χ4v) is 3.69. The lowest BCUT2D eigenvalue weighted by molar-refractivity contribution is -0.141. The van der Waals surface area contributed by atoms with Gasteiger partial charge in [-0.15, -0.1) is 11.3 Å². The van der Waals surface area contributed by atoms with Gasteiger partial charge in [-0.3, -0.25) is 14.4 Å². The smallest absolute Gasteiger partial charge is 0.312 e. The second-order valence-corrected chi connectivity index (χ2v) is 6.95. The predicted octanol–water partition coefficient (Wildman–Crippen LogP) is 2.03. The molecule has 7 heteroatoms. The molecule has 0 radical (unpaired) electrons. The second kappa shape index (κ2) is 7.06. The maximum Gasteiger partial charge on any atom is 0.312 e. The maximum absolute atomic E-state index is 12.6. The van der Waals surface area contributed by atoms with E-state index in [2.05, 4.69) is 0 Å². The molecule has 1 aliphatic heterocycles. The van der Waals surface area contributed by atoms with E-state index >= 15 is 0 Å². The van der Waals surface area contributed by atoms with Crippen molar-refractivity contribution in [2.75, 3.05) is 20.1 Å². The average molecular weight is 358 g/mol. The number of carboxylic acids is 1. The Morgan fingerprint density at radius 1 is 1.24 bits per heavy atom. The summed E-state index contributed by atoms with van der Waals surface area (Å²) in [4.78, 5) is 39.9. The predicted molar refractivity (Wildman–Crippen MR) is 93.5 cm³/mol. The van der Waals surface area contributed by atoms with Crippen molar-refractivity contribution in [1.82, 2.24) is 9.80 Å². The molecular weight excluding hydrogens is 340 g/mol. The number of carbonyl (C=O) groups is 3. The molecule has 25 heavy (non-hydrogen) atoms. The molecule has 2 heterocycles. The number of hydrogen-bond acceptors (Lipinski definition) is 4. The molecule has 0 spiro atoms. The highest BCUT2D eigenvalue weighted by molar-refractivity contribution is 7.12. The number of nitrogens with zero attached hydrogens (tertiary/aromatic N) is 2. The summed E-state index contributed by atoms with van der Waals surface area (Å²) in [6.45, 7) is 0.400. The molecule has 1 aromatic carbocycles. The van der Waals surface area contributed by atoms with Crippen LogP contribution >= 0.6 is 11.3 Å². The van der Waals surface area contributed by atoms with E-state index < -0.39 is 11.9 Å². The number of aliphatic carboxylic acids is 1. The summed E-state index contributed by atoms with van der Waals surface area (Å²) in [5, 5.41) is 11.3. The first-order valence-corrected chi connectivity index (χ1v) is 8.72. The number of fused-ring (bicyclic) bond motifs is 1. The Balaban J connectivity index is 1.72. The molecule has 2 aromatic rings. The Bertz CT molecular complexity index is 803. The molecule has 1 atom stereocenters. The summed E-state index contributed by atoms with van der Waals surface area (Å²) in [6, 6.07) is 10.8. The number of benzene rings is 1. The zero-order valence-electron chi connectivity index (χ0n) is 13.7. The Morgan fingerprint density at radius 3 is 2.68 bits per heavy atom. The summed E-state index contributed by atoms with van der Waals surface area (Å²) < 4.78 is 0. The van der Waals surface area contributed by atoms with Crippen molar-refractivity contribution in [3.63, 3.8) is 0 Å². The Hall–Kier alpha value is -2.67. The Kier molecular flexibility index (Phi) is 4.85. The van der Waals surface area contributed by atoms with E-state index in [9.17, 15) is 19.5 Å². The van der Waals surface area contributed by atoms with Crippen LogP contribution in [0.1, 0.15) is 26.7 Å². The highest BCUT2D eigenvalue weighted by atomic mass is 32.1. The lowest BCUT2D eigenvalue weighted by Crippen LogP contribution is -2.45. The number of amides is 2. The molecule has 130 valence electrons. The topological polar surface area (TPSA) is 77.9 Å². The van der Waals surface area contributed by atoms with Crippen molar-refractivity contribution in [2.45, 2.75) is 12.5 Å². The van der Waals surface area contributed by atoms with Crippen molar-refractivity contribution in [1.29, 1.82) is 0 Å². The molecule has 0 bridgehead atoms. The lowest BCUT2D eigenvalue weighted by Gasteiger charge is -2.33. The number of thiophene rings is 1. The average Bonchev–Trinajstić information content (AvgIpc) is 3.14. The monoisotopic (exact) mass is 358 g/mol. The number of likely N-dealkylation sites (N-methyl/N-ethyl adjacent to an activating group) is 1. The molecule has 0 fully saturated rings. The van der Waals surface area contributed by atoms with E-state index in [0.717, 1.165) is 11.1 Å². The first-order valence-electron chi connectivity index (χ1n) is 7.84. The first kappa shape index (κ1) is 17.2. The maximum atomic E-state index is 12.6. The van der Waals surface area contributed by atoms with E-state index in [0.29, 0.717) is 11.4 Å². The third-order valence-corrected chi connectivity index (χ3v) is 5.15. The van der Waals surface area contributed by atoms with E-state index in [-0.39, 0.29) is 24.9 Å². The molecule has 0 saturated heterocycles. The number of rotatable bonds is 4. The zero-order chi connectivity index (χ0) is 18.0. The van der Waals surface area contributed by atoms with Crippen LogP contribution < -0.4 is 0 Å². The fraction of sp³-hybridized carbons (Fsp3) is 0.278. The molecule has 1 aliphatic rings. The van der Waals surface area contributed by atoms with E-state index in [4.69, 9.17) is 0 Å². The van der Waals surface area contributed by atoms with Crippen LogP contribution in [0.2, 0.25) is 0 Å². The first-order chi connectivity index (χ1) is 12.0.